The molecule has 1 atom stereocenters. The molecule has 2 heteroatoms. The van der Waals surface area contributed by atoms with Gasteiger partial charge < -0.3 is 10.2 Å². The molecule has 1 N–H and O–H groups in total. The molecule has 1 unspecified atom stereocenters. The molecule has 0 saturated heterocycles. The average molecular weight is 218 g/mol. The summed E-state index contributed by atoms with van der Waals surface area (Å²) in [6, 6.07) is 7.41. The zero-order valence-corrected chi connectivity index (χ0v) is 10.7. The third-order valence-electron chi connectivity index (χ3n) is 3.61. The van der Waals surface area contributed by atoms with Crippen molar-refractivity contribution >= 4 is 11.4 Å². The maximum Gasteiger partial charge on any atom is 0.0602 e. The Morgan fingerprint density at radius 2 is 2.12 bits per heavy atom. The lowest BCUT2D eigenvalue weighted by atomic mass is 10.0. The van der Waals surface area contributed by atoms with Crippen molar-refractivity contribution < 1.29 is 0 Å². The SMILES string of the molecule is CC(C)c1ccc2c(c1)NCCC(C)N2C. The highest BCUT2D eigenvalue weighted by molar-refractivity contribution is 5.72. The lowest BCUT2D eigenvalue weighted by Crippen LogP contribution is -2.28. The maximum absolute atomic E-state index is 3.54. The highest BCUT2D eigenvalue weighted by Gasteiger charge is 2.17. The summed E-state index contributed by atoms with van der Waals surface area (Å²) in [5.41, 5.74) is 4.03. The number of benzene rings is 1. The second-order valence-electron chi connectivity index (χ2n) is 5.11. The van der Waals surface area contributed by atoms with Gasteiger partial charge in [-0.25, -0.2) is 0 Å². The highest BCUT2D eigenvalue weighted by Crippen LogP contribution is 2.32. The van der Waals surface area contributed by atoms with E-state index in [1.54, 1.807) is 0 Å². The van der Waals surface area contributed by atoms with Crippen LogP contribution in [0.2, 0.25) is 0 Å². The molecule has 0 aromatic heterocycles. The Balaban J connectivity index is 2.39. The smallest absolute Gasteiger partial charge is 0.0602 e. The van der Waals surface area contributed by atoms with Crippen molar-refractivity contribution in [3.63, 3.8) is 0 Å². The molecule has 2 rings (SSSR count). The van der Waals surface area contributed by atoms with E-state index in [4.69, 9.17) is 0 Å². The molecule has 0 spiro atoms. The molecule has 0 saturated carbocycles. The first-order chi connectivity index (χ1) is 7.59. The van der Waals surface area contributed by atoms with Crippen molar-refractivity contribution in [1.82, 2.24) is 0 Å². The summed E-state index contributed by atoms with van der Waals surface area (Å²) in [5, 5.41) is 3.54. The van der Waals surface area contributed by atoms with Gasteiger partial charge in [0.05, 0.1) is 11.4 Å². The minimum absolute atomic E-state index is 0.595. The Morgan fingerprint density at radius 1 is 1.38 bits per heavy atom. The molecule has 88 valence electrons. The molecule has 0 aliphatic carbocycles. The molecule has 0 radical (unpaired) electrons. The summed E-state index contributed by atoms with van der Waals surface area (Å²) in [4.78, 5) is 2.37. The normalized spacial score (nSPS) is 20.3. The molecule has 0 bridgehead atoms. The van der Waals surface area contributed by atoms with Gasteiger partial charge in [0.2, 0.25) is 0 Å². The monoisotopic (exact) mass is 218 g/mol. The summed E-state index contributed by atoms with van der Waals surface area (Å²) in [6.45, 7) is 7.84. The van der Waals surface area contributed by atoms with Crippen LogP contribution in [0.3, 0.4) is 0 Å². The first-order valence-corrected chi connectivity index (χ1v) is 6.20. The molecular weight excluding hydrogens is 196 g/mol. The van der Waals surface area contributed by atoms with E-state index in [0.717, 1.165) is 6.54 Å². The Kier molecular flexibility index (Phi) is 3.08. The summed E-state index contributed by atoms with van der Waals surface area (Å²) >= 11 is 0. The second-order valence-corrected chi connectivity index (χ2v) is 5.11. The summed E-state index contributed by atoms with van der Waals surface area (Å²) in [5.74, 6) is 0.595. The fourth-order valence-corrected chi connectivity index (χ4v) is 2.21. The van der Waals surface area contributed by atoms with E-state index >= 15 is 0 Å². The molecule has 16 heavy (non-hydrogen) atoms. The van der Waals surface area contributed by atoms with E-state index in [1.807, 2.05) is 0 Å². The number of nitrogens with one attached hydrogen (secondary N) is 1. The number of hydrogen-bond acceptors (Lipinski definition) is 2. The van der Waals surface area contributed by atoms with Crippen LogP contribution in [-0.4, -0.2) is 19.6 Å². The van der Waals surface area contributed by atoms with Gasteiger partial charge >= 0.3 is 0 Å². The van der Waals surface area contributed by atoms with Gasteiger partial charge in [0, 0.05) is 19.6 Å². The number of anilines is 2. The molecule has 1 aromatic rings. The number of nitrogens with zero attached hydrogens (tertiary/aromatic N) is 1. The van der Waals surface area contributed by atoms with Gasteiger partial charge in [0.15, 0.2) is 0 Å². The topological polar surface area (TPSA) is 15.3 Å². The maximum atomic E-state index is 3.54. The Bertz CT molecular complexity index is 371. The van der Waals surface area contributed by atoms with Gasteiger partial charge in [-0.3, -0.25) is 0 Å². The fraction of sp³-hybridized carbons (Fsp3) is 0.571. The van der Waals surface area contributed by atoms with Crippen LogP contribution < -0.4 is 10.2 Å². The van der Waals surface area contributed by atoms with E-state index in [1.165, 1.54) is 23.4 Å². The summed E-state index contributed by atoms with van der Waals surface area (Å²) in [7, 11) is 2.19. The lowest BCUT2D eigenvalue weighted by Gasteiger charge is -2.25. The molecule has 1 heterocycles. The van der Waals surface area contributed by atoms with Gasteiger partial charge in [0.1, 0.15) is 0 Å². The van der Waals surface area contributed by atoms with Crippen LogP contribution in [0.5, 0.6) is 0 Å². The van der Waals surface area contributed by atoms with E-state index in [9.17, 15) is 0 Å². The van der Waals surface area contributed by atoms with Crippen molar-refractivity contribution in [3.05, 3.63) is 23.8 Å². The van der Waals surface area contributed by atoms with Gasteiger partial charge in [-0.1, -0.05) is 19.9 Å². The van der Waals surface area contributed by atoms with Crippen LogP contribution in [-0.2, 0) is 0 Å². The minimum Gasteiger partial charge on any atom is -0.383 e. The summed E-state index contributed by atoms with van der Waals surface area (Å²) in [6.07, 6.45) is 1.20. The third kappa shape index (κ3) is 2.01. The molecule has 1 aromatic carbocycles. The van der Waals surface area contributed by atoms with Crippen LogP contribution in [0.25, 0.3) is 0 Å². The van der Waals surface area contributed by atoms with Crippen molar-refractivity contribution in [2.45, 2.75) is 39.2 Å². The number of rotatable bonds is 1. The third-order valence-corrected chi connectivity index (χ3v) is 3.61. The van der Waals surface area contributed by atoms with Crippen LogP contribution in [0.4, 0.5) is 11.4 Å². The summed E-state index contributed by atoms with van der Waals surface area (Å²) < 4.78 is 0. The zero-order chi connectivity index (χ0) is 11.7. The average Bonchev–Trinajstić information content (AvgIpc) is 2.40. The van der Waals surface area contributed by atoms with Gasteiger partial charge in [-0.05, 0) is 37.0 Å². The van der Waals surface area contributed by atoms with Crippen LogP contribution >= 0.6 is 0 Å². The standard InChI is InChI=1S/C14H22N2/c1-10(2)12-5-6-14-13(9-12)15-8-7-11(3)16(14)4/h5-6,9-11,15H,7-8H2,1-4H3. The molecule has 1 aliphatic rings. The predicted octanol–water partition coefficient (Wildman–Crippen LogP) is 3.45. The van der Waals surface area contributed by atoms with E-state index in [2.05, 4.69) is 56.2 Å². The van der Waals surface area contributed by atoms with E-state index < -0.39 is 0 Å². The molecule has 1 aliphatic heterocycles. The fourth-order valence-electron chi connectivity index (χ4n) is 2.21. The van der Waals surface area contributed by atoms with Gasteiger partial charge in [0.25, 0.3) is 0 Å². The largest absolute Gasteiger partial charge is 0.383 e. The number of fused-ring (bicyclic) bond motifs is 1. The number of hydrogen-bond donors (Lipinski definition) is 1. The lowest BCUT2D eigenvalue weighted by molar-refractivity contribution is 0.657. The molecule has 2 nitrogen and oxygen atoms in total. The molecular formula is C14H22N2. The quantitative estimate of drug-likeness (QED) is 0.776. The molecule has 0 amide bonds. The zero-order valence-electron chi connectivity index (χ0n) is 10.7. The van der Waals surface area contributed by atoms with E-state index in [0.29, 0.717) is 12.0 Å². The van der Waals surface area contributed by atoms with E-state index in [-0.39, 0.29) is 0 Å². The Morgan fingerprint density at radius 3 is 2.81 bits per heavy atom. The van der Waals surface area contributed by atoms with Crippen LogP contribution in [0.15, 0.2) is 18.2 Å². The van der Waals surface area contributed by atoms with Crippen molar-refractivity contribution in [1.29, 1.82) is 0 Å². The second kappa shape index (κ2) is 4.36. The predicted molar refractivity (Wildman–Crippen MR) is 71.5 cm³/mol. The van der Waals surface area contributed by atoms with Gasteiger partial charge in [-0.2, -0.15) is 0 Å². The van der Waals surface area contributed by atoms with Crippen LogP contribution in [0.1, 0.15) is 38.7 Å². The minimum atomic E-state index is 0.595. The van der Waals surface area contributed by atoms with Crippen molar-refractivity contribution in [2.75, 3.05) is 23.8 Å². The Hall–Kier alpha value is -1.18. The first-order valence-electron chi connectivity index (χ1n) is 6.20. The molecule has 0 fully saturated rings. The Labute approximate surface area is 98.7 Å². The van der Waals surface area contributed by atoms with Crippen molar-refractivity contribution in [2.24, 2.45) is 0 Å². The van der Waals surface area contributed by atoms with Crippen molar-refractivity contribution in [3.8, 4) is 0 Å². The highest BCUT2D eigenvalue weighted by atomic mass is 15.2. The van der Waals surface area contributed by atoms with Gasteiger partial charge in [-0.15, -0.1) is 0 Å². The first kappa shape index (κ1) is 11.3. The van der Waals surface area contributed by atoms with Crippen LogP contribution in [0, 0.1) is 0 Å².